The molecule has 1 rings (SSSR count). The molecule has 0 bridgehead atoms. The van der Waals surface area contributed by atoms with Crippen LogP contribution in [0, 0.1) is 0 Å². The number of nitrogens with two attached hydrogens (primary N) is 1. The third-order valence-corrected chi connectivity index (χ3v) is 3.74. The Morgan fingerprint density at radius 1 is 1.69 bits per heavy atom. The van der Waals surface area contributed by atoms with Crippen molar-refractivity contribution in [1.29, 1.82) is 0 Å². The van der Waals surface area contributed by atoms with E-state index in [1.54, 1.807) is 11.3 Å². The first kappa shape index (κ1) is 13.5. The van der Waals surface area contributed by atoms with Gasteiger partial charge in [-0.3, -0.25) is 4.90 Å². The second kappa shape index (κ2) is 6.88. The molecule has 0 saturated heterocycles. The SMILES string of the molecule is CCCN(CC(N)=NO)Cc1cc(Br)cs1. The van der Waals surface area contributed by atoms with Crippen LogP contribution < -0.4 is 5.73 Å². The molecule has 4 nitrogen and oxygen atoms in total. The van der Waals surface area contributed by atoms with Gasteiger partial charge in [-0.25, -0.2) is 0 Å². The lowest BCUT2D eigenvalue weighted by Gasteiger charge is -2.19. The predicted octanol–water partition coefficient (Wildman–Crippen LogP) is 2.47. The summed E-state index contributed by atoms with van der Waals surface area (Å²) in [6, 6.07) is 2.10. The first-order valence-corrected chi connectivity index (χ1v) is 6.74. The van der Waals surface area contributed by atoms with Crippen molar-refractivity contribution in [3.05, 3.63) is 20.8 Å². The van der Waals surface area contributed by atoms with Crippen molar-refractivity contribution < 1.29 is 5.21 Å². The van der Waals surface area contributed by atoms with Gasteiger partial charge in [0.25, 0.3) is 0 Å². The largest absolute Gasteiger partial charge is 0.409 e. The van der Waals surface area contributed by atoms with Crippen LogP contribution in [0.15, 0.2) is 21.1 Å². The number of oxime groups is 1. The fourth-order valence-electron chi connectivity index (χ4n) is 1.45. The molecule has 16 heavy (non-hydrogen) atoms. The van der Waals surface area contributed by atoms with Crippen LogP contribution in [0.1, 0.15) is 18.2 Å². The van der Waals surface area contributed by atoms with Crippen molar-refractivity contribution in [1.82, 2.24) is 4.90 Å². The van der Waals surface area contributed by atoms with E-state index >= 15 is 0 Å². The molecule has 1 heterocycles. The van der Waals surface area contributed by atoms with Crippen LogP contribution in [0.25, 0.3) is 0 Å². The Hall–Kier alpha value is -0.590. The van der Waals surface area contributed by atoms with Gasteiger partial charge in [0.2, 0.25) is 0 Å². The van der Waals surface area contributed by atoms with Crippen LogP contribution in [-0.2, 0) is 6.54 Å². The van der Waals surface area contributed by atoms with Crippen LogP contribution in [-0.4, -0.2) is 29.0 Å². The molecule has 0 amide bonds. The van der Waals surface area contributed by atoms with E-state index in [4.69, 9.17) is 10.9 Å². The highest BCUT2D eigenvalue weighted by atomic mass is 79.9. The highest BCUT2D eigenvalue weighted by molar-refractivity contribution is 9.10. The van der Waals surface area contributed by atoms with Crippen LogP contribution in [0.2, 0.25) is 0 Å². The molecule has 3 N–H and O–H groups in total. The molecule has 6 heteroatoms. The fourth-order valence-corrected chi connectivity index (χ4v) is 2.94. The summed E-state index contributed by atoms with van der Waals surface area (Å²) < 4.78 is 1.10. The average molecular weight is 306 g/mol. The van der Waals surface area contributed by atoms with E-state index in [0.29, 0.717) is 6.54 Å². The standard InChI is InChI=1S/C10H16BrN3OS/c1-2-3-14(6-10(12)13-15)5-9-4-8(11)7-16-9/h4,7,15H,2-3,5-6H2,1H3,(H2,12,13). The van der Waals surface area contributed by atoms with E-state index in [9.17, 15) is 0 Å². The summed E-state index contributed by atoms with van der Waals surface area (Å²) in [6.07, 6.45) is 1.05. The normalized spacial score (nSPS) is 12.3. The van der Waals surface area contributed by atoms with Crippen molar-refractivity contribution in [3.8, 4) is 0 Å². The zero-order valence-electron chi connectivity index (χ0n) is 9.19. The summed E-state index contributed by atoms with van der Waals surface area (Å²) in [7, 11) is 0. The van der Waals surface area contributed by atoms with E-state index < -0.39 is 0 Å². The number of nitrogens with zero attached hydrogens (tertiary/aromatic N) is 2. The van der Waals surface area contributed by atoms with E-state index in [1.807, 2.05) is 0 Å². The van der Waals surface area contributed by atoms with Crippen molar-refractivity contribution >= 4 is 33.1 Å². The fraction of sp³-hybridized carbons (Fsp3) is 0.500. The minimum absolute atomic E-state index is 0.254. The third-order valence-electron chi connectivity index (χ3n) is 2.06. The van der Waals surface area contributed by atoms with Gasteiger partial charge < -0.3 is 10.9 Å². The zero-order chi connectivity index (χ0) is 12.0. The molecule has 0 aliphatic carbocycles. The maximum atomic E-state index is 8.55. The summed E-state index contributed by atoms with van der Waals surface area (Å²) in [5, 5.41) is 13.6. The van der Waals surface area contributed by atoms with E-state index in [0.717, 1.165) is 24.0 Å². The molecule has 0 aromatic carbocycles. The zero-order valence-corrected chi connectivity index (χ0v) is 11.6. The molecule has 0 spiro atoms. The van der Waals surface area contributed by atoms with Crippen LogP contribution in [0.5, 0.6) is 0 Å². The minimum atomic E-state index is 0.254. The minimum Gasteiger partial charge on any atom is -0.409 e. The van der Waals surface area contributed by atoms with Crippen molar-refractivity contribution in [2.24, 2.45) is 10.9 Å². The number of hydrogen-bond acceptors (Lipinski definition) is 4. The van der Waals surface area contributed by atoms with Gasteiger partial charge in [-0.1, -0.05) is 12.1 Å². The summed E-state index contributed by atoms with van der Waals surface area (Å²) in [4.78, 5) is 3.43. The van der Waals surface area contributed by atoms with Gasteiger partial charge in [-0.2, -0.15) is 0 Å². The average Bonchev–Trinajstić information content (AvgIpc) is 2.64. The highest BCUT2D eigenvalue weighted by Crippen LogP contribution is 2.21. The number of hydrogen-bond donors (Lipinski definition) is 2. The second-order valence-corrected chi connectivity index (χ2v) is 5.44. The number of thiophene rings is 1. The number of rotatable bonds is 6. The monoisotopic (exact) mass is 305 g/mol. The lowest BCUT2D eigenvalue weighted by Crippen LogP contribution is -2.33. The molecule has 0 atom stereocenters. The first-order chi connectivity index (χ1) is 7.65. The second-order valence-electron chi connectivity index (χ2n) is 3.53. The Kier molecular flexibility index (Phi) is 5.79. The third kappa shape index (κ3) is 4.51. The van der Waals surface area contributed by atoms with Gasteiger partial charge in [0.05, 0.1) is 6.54 Å². The Morgan fingerprint density at radius 3 is 2.94 bits per heavy atom. The maximum absolute atomic E-state index is 8.55. The molecular formula is C10H16BrN3OS. The molecule has 0 radical (unpaired) electrons. The Morgan fingerprint density at radius 2 is 2.44 bits per heavy atom. The molecule has 0 aliphatic heterocycles. The van der Waals surface area contributed by atoms with Gasteiger partial charge in [0, 0.05) is 21.3 Å². The molecule has 1 aromatic heterocycles. The van der Waals surface area contributed by atoms with Crippen molar-refractivity contribution in [2.75, 3.05) is 13.1 Å². The summed E-state index contributed by atoms with van der Waals surface area (Å²) in [5.41, 5.74) is 5.52. The van der Waals surface area contributed by atoms with Gasteiger partial charge >= 0.3 is 0 Å². The van der Waals surface area contributed by atoms with E-state index in [-0.39, 0.29) is 5.84 Å². The molecule has 0 aliphatic rings. The summed E-state index contributed by atoms with van der Waals surface area (Å²) >= 11 is 5.14. The van der Waals surface area contributed by atoms with Gasteiger partial charge in [0.1, 0.15) is 0 Å². The topological polar surface area (TPSA) is 61.8 Å². The molecule has 0 saturated carbocycles. The first-order valence-electron chi connectivity index (χ1n) is 5.07. The lowest BCUT2D eigenvalue weighted by molar-refractivity contribution is 0.287. The smallest absolute Gasteiger partial charge is 0.153 e. The molecule has 90 valence electrons. The van der Waals surface area contributed by atoms with E-state index in [2.05, 4.69) is 44.4 Å². The summed E-state index contributed by atoms with van der Waals surface area (Å²) in [5.74, 6) is 0.254. The number of amidine groups is 1. The maximum Gasteiger partial charge on any atom is 0.153 e. The Balaban J connectivity index is 2.57. The van der Waals surface area contributed by atoms with E-state index in [1.165, 1.54) is 4.88 Å². The molecular weight excluding hydrogens is 290 g/mol. The van der Waals surface area contributed by atoms with Crippen molar-refractivity contribution in [2.45, 2.75) is 19.9 Å². The molecule has 0 unspecified atom stereocenters. The predicted molar refractivity (Wildman–Crippen MR) is 71.0 cm³/mol. The Bertz CT molecular complexity index is 354. The van der Waals surface area contributed by atoms with Crippen LogP contribution >= 0.6 is 27.3 Å². The lowest BCUT2D eigenvalue weighted by atomic mass is 10.3. The van der Waals surface area contributed by atoms with Crippen LogP contribution in [0.4, 0.5) is 0 Å². The van der Waals surface area contributed by atoms with Crippen molar-refractivity contribution in [3.63, 3.8) is 0 Å². The van der Waals surface area contributed by atoms with Crippen LogP contribution in [0.3, 0.4) is 0 Å². The molecule has 1 aromatic rings. The van der Waals surface area contributed by atoms with Gasteiger partial charge in [-0.05, 0) is 35.0 Å². The summed E-state index contributed by atoms with van der Waals surface area (Å²) in [6.45, 7) is 4.38. The molecule has 0 fully saturated rings. The van der Waals surface area contributed by atoms with Gasteiger partial charge in [-0.15, -0.1) is 11.3 Å². The van der Waals surface area contributed by atoms with Gasteiger partial charge in [0.15, 0.2) is 5.84 Å². The highest BCUT2D eigenvalue weighted by Gasteiger charge is 2.08. The quantitative estimate of drug-likeness (QED) is 0.367. The Labute approximate surface area is 108 Å². The number of halogens is 1.